The molecule has 1 amide bonds. The van der Waals surface area contributed by atoms with Crippen LogP contribution in [0.1, 0.15) is 39.4 Å². The van der Waals surface area contributed by atoms with Crippen molar-refractivity contribution in [3.8, 4) is 0 Å². The van der Waals surface area contributed by atoms with E-state index in [9.17, 15) is 4.79 Å². The molecule has 1 aliphatic rings. The van der Waals surface area contributed by atoms with E-state index in [4.69, 9.17) is 4.74 Å². The van der Waals surface area contributed by atoms with Crippen molar-refractivity contribution in [3.05, 3.63) is 18.2 Å². The quantitative estimate of drug-likeness (QED) is 0.839. The molecule has 17 heavy (non-hydrogen) atoms. The van der Waals surface area contributed by atoms with Crippen LogP contribution >= 0.6 is 0 Å². The fraction of sp³-hybridized carbons (Fsp3) is 0.636. The van der Waals surface area contributed by atoms with Crippen molar-refractivity contribution in [1.82, 2.24) is 20.5 Å². The summed E-state index contributed by atoms with van der Waals surface area (Å²) in [6, 6.07) is 0. The zero-order chi connectivity index (χ0) is 12.5. The zero-order valence-electron chi connectivity index (χ0n) is 10.2. The van der Waals surface area contributed by atoms with Crippen molar-refractivity contribution < 1.29 is 9.53 Å². The van der Waals surface area contributed by atoms with E-state index in [2.05, 4.69) is 20.5 Å². The molecule has 0 spiro atoms. The minimum atomic E-state index is -0.504. The molecule has 1 aromatic heterocycles. The van der Waals surface area contributed by atoms with Gasteiger partial charge in [-0.25, -0.2) is 9.78 Å². The van der Waals surface area contributed by atoms with Crippen molar-refractivity contribution in [2.75, 3.05) is 0 Å². The van der Waals surface area contributed by atoms with E-state index >= 15 is 0 Å². The number of hydrogen-bond acceptors (Lipinski definition) is 5. The van der Waals surface area contributed by atoms with E-state index in [1.807, 2.05) is 20.8 Å². The van der Waals surface area contributed by atoms with Gasteiger partial charge in [0.15, 0.2) is 5.82 Å². The van der Waals surface area contributed by atoms with E-state index in [0.717, 1.165) is 12.8 Å². The first kappa shape index (κ1) is 11.8. The van der Waals surface area contributed by atoms with Gasteiger partial charge in [0.2, 0.25) is 0 Å². The molecule has 1 N–H and O–H groups in total. The lowest BCUT2D eigenvalue weighted by Crippen LogP contribution is -2.40. The summed E-state index contributed by atoms with van der Waals surface area (Å²) in [6.45, 7) is 5.48. The van der Waals surface area contributed by atoms with Crippen molar-refractivity contribution >= 4 is 6.09 Å². The number of hydrogen-bond donors (Lipinski definition) is 1. The van der Waals surface area contributed by atoms with Gasteiger partial charge >= 0.3 is 6.09 Å². The molecule has 1 aliphatic carbocycles. The Kier molecular flexibility index (Phi) is 2.73. The molecule has 92 valence electrons. The second-order valence-electron chi connectivity index (χ2n) is 5.18. The summed E-state index contributed by atoms with van der Waals surface area (Å²) >= 11 is 0. The van der Waals surface area contributed by atoms with Gasteiger partial charge in [0.1, 0.15) is 11.1 Å². The summed E-state index contributed by atoms with van der Waals surface area (Å²) < 4.78 is 5.21. The molecule has 1 fully saturated rings. The molecule has 0 aromatic carbocycles. The summed E-state index contributed by atoms with van der Waals surface area (Å²) in [5.74, 6) is 0.547. The van der Waals surface area contributed by atoms with Crippen molar-refractivity contribution in [1.29, 1.82) is 0 Å². The van der Waals surface area contributed by atoms with Crippen LogP contribution < -0.4 is 5.32 Å². The predicted octanol–water partition coefficient (Wildman–Crippen LogP) is 1.39. The minimum Gasteiger partial charge on any atom is -0.444 e. The maximum Gasteiger partial charge on any atom is 0.408 e. The van der Waals surface area contributed by atoms with Gasteiger partial charge in [-0.3, -0.25) is 0 Å². The Labute approximate surface area is 99.8 Å². The Morgan fingerprint density at radius 2 is 2.12 bits per heavy atom. The van der Waals surface area contributed by atoms with E-state index in [-0.39, 0.29) is 0 Å². The maximum absolute atomic E-state index is 11.7. The average molecular weight is 236 g/mol. The third-order valence-corrected chi connectivity index (χ3v) is 2.40. The lowest BCUT2D eigenvalue weighted by molar-refractivity contribution is 0.0492. The van der Waals surface area contributed by atoms with Crippen LogP contribution in [-0.2, 0) is 10.3 Å². The minimum absolute atomic E-state index is 0.442. The summed E-state index contributed by atoms with van der Waals surface area (Å²) in [4.78, 5) is 15.8. The summed E-state index contributed by atoms with van der Waals surface area (Å²) in [5.41, 5.74) is -0.980. The number of ether oxygens (including phenoxy) is 1. The number of amides is 1. The molecule has 6 heteroatoms. The molecule has 2 rings (SSSR count). The van der Waals surface area contributed by atoms with E-state index in [1.54, 1.807) is 6.20 Å². The standard InChI is InChI=1S/C11H16N4O2/c1-10(2,3)17-9(16)14-11(4-5-11)8-12-6-7-13-15-8/h6-7H,4-5H2,1-3H3,(H,14,16). The molecular weight excluding hydrogens is 220 g/mol. The van der Waals surface area contributed by atoms with Crippen LogP contribution in [0.2, 0.25) is 0 Å². The number of nitrogens with one attached hydrogen (secondary N) is 1. The number of aromatic nitrogens is 3. The van der Waals surface area contributed by atoms with Gasteiger partial charge in [-0.1, -0.05) is 0 Å². The normalized spacial score (nSPS) is 17.4. The highest BCUT2D eigenvalue weighted by molar-refractivity contribution is 5.69. The summed E-state index contributed by atoms with van der Waals surface area (Å²) in [6.07, 6.45) is 4.27. The highest BCUT2D eigenvalue weighted by atomic mass is 16.6. The molecule has 0 bridgehead atoms. The molecule has 6 nitrogen and oxygen atoms in total. The smallest absolute Gasteiger partial charge is 0.408 e. The topological polar surface area (TPSA) is 77.0 Å². The first-order valence-electron chi connectivity index (χ1n) is 5.57. The van der Waals surface area contributed by atoms with Crippen LogP contribution in [0.15, 0.2) is 12.4 Å². The molecule has 0 unspecified atom stereocenters. The van der Waals surface area contributed by atoms with Crippen molar-refractivity contribution in [2.45, 2.75) is 44.8 Å². The molecule has 1 heterocycles. The number of carbonyl (C=O) groups excluding carboxylic acids is 1. The second kappa shape index (κ2) is 3.94. The highest BCUT2D eigenvalue weighted by Crippen LogP contribution is 2.43. The second-order valence-corrected chi connectivity index (χ2v) is 5.18. The average Bonchev–Trinajstić information content (AvgIpc) is 2.97. The highest BCUT2D eigenvalue weighted by Gasteiger charge is 2.49. The molecule has 0 atom stereocenters. The summed E-state index contributed by atoms with van der Waals surface area (Å²) in [7, 11) is 0. The third kappa shape index (κ3) is 2.89. The maximum atomic E-state index is 11.7. The van der Waals surface area contributed by atoms with Crippen LogP contribution in [-0.4, -0.2) is 26.9 Å². The Morgan fingerprint density at radius 3 is 2.59 bits per heavy atom. The van der Waals surface area contributed by atoms with E-state index in [1.165, 1.54) is 6.20 Å². The molecule has 0 radical (unpaired) electrons. The van der Waals surface area contributed by atoms with Crippen molar-refractivity contribution in [3.63, 3.8) is 0 Å². The van der Waals surface area contributed by atoms with Gasteiger partial charge in [-0.05, 0) is 33.6 Å². The fourth-order valence-electron chi connectivity index (χ4n) is 1.50. The van der Waals surface area contributed by atoms with Gasteiger partial charge in [-0.2, -0.15) is 5.10 Å². The lowest BCUT2D eigenvalue weighted by Gasteiger charge is -2.22. The zero-order valence-corrected chi connectivity index (χ0v) is 10.2. The van der Waals surface area contributed by atoms with Crippen molar-refractivity contribution in [2.24, 2.45) is 0 Å². The first-order valence-corrected chi connectivity index (χ1v) is 5.57. The van der Waals surface area contributed by atoms with Crippen LogP contribution in [0, 0.1) is 0 Å². The Morgan fingerprint density at radius 1 is 1.41 bits per heavy atom. The Hall–Kier alpha value is -1.72. The number of nitrogens with zero attached hydrogens (tertiary/aromatic N) is 3. The Bertz CT molecular complexity index is 409. The molecule has 0 aliphatic heterocycles. The van der Waals surface area contributed by atoms with Gasteiger partial charge in [0, 0.05) is 6.20 Å². The number of carbonyl (C=O) groups is 1. The van der Waals surface area contributed by atoms with Gasteiger partial charge in [0.05, 0.1) is 6.20 Å². The van der Waals surface area contributed by atoms with Gasteiger partial charge in [0.25, 0.3) is 0 Å². The SMILES string of the molecule is CC(C)(C)OC(=O)NC1(c2nccnn2)CC1. The fourth-order valence-corrected chi connectivity index (χ4v) is 1.50. The molecule has 1 aromatic rings. The Balaban J connectivity index is 2.02. The molecule has 0 saturated heterocycles. The van der Waals surface area contributed by atoms with Crippen LogP contribution in [0.4, 0.5) is 4.79 Å². The van der Waals surface area contributed by atoms with Crippen LogP contribution in [0.25, 0.3) is 0 Å². The largest absolute Gasteiger partial charge is 0.444 e. The summed E-state index contributed by atoms with van der Waals surface area (Å²) in [5, 5.41) is 10.5. The van der Waals surface area contributed by atoms with Crippen LogP contribution in [0.3, 0.4) is 0 Å². The number of alkyl carbamates (subject to hydrolysis) is 1. The first-order chi connectivity index (χ1) is 7.91. The van der Waals surface area contributed by atoms with Crippen LogP contribution in [0.5, 0.6) is 0 Å². The third-order valence-electron chi connectivity index (χ3n) is 2.40. The molecule has 1 saturated carbocycles. The predicted molar refractivity (Wildman–Crippen MR) is 60.1 cm³/mol. The monoisotopic (exact) mass is 236 g/mol. The van der Waals surface area contributed by atoms with Gasteiger partial charge in [-0.15, -0.1) is 5.10 Å². The van der Waals surface area contributed by atoms with E-state index in [0.29, 0.717) is 5.82 Å². The van der Waals surface area contributed by atoms with E-state index < -0.39 is 17.2 Å². The molecular formula is C11H16N4O2. The number of rotatable bonds is 2. The lowest BCUT2D eigenvalue weighted by atomic mass is 10.2. The van der Waals surface area contributed by atoms with Gasteiger partial charge < -0.3 is 10.1 Å².